The molecule has 0 saturated heterocycles. The number of carbonyl (C=O) groups is 1. The molecular formula is C11H14ClN5O2S. The Kier molecular flexibility index (Phi) is 4.66. The van der Waals surface area contributed by atoms with Gasteiger partial charge in [-0.3, -0.25) is 9.48 Å². The van der Waals surface area contributed by atoms with E-state index in [4.69, 9.17) is 16.7 Å². The third-order valence-electron chi connectivity index (χ3n) is 2.62. The molecule has 1 N–H and O–H groups in total. The van der Waals surface area contributed by atoms with Gasteiger partial charge in [-0.1, -0.05) is 23.4 Å². The SMILES string of the molecule is CCn1c(Cn2cc(Cl)c(C)n2)nnc1SCC(=O)O. The lowest BCUT2D eigenvalue weighted by molar-refractivity contribution is -0.133. The second kappa shape index (κ2) is 6.27. The highest BCUT2D eigenvalue weighted by atomic mass is 35.5. The number of aromatic nitrogens is 5. The zero-order valence-corrected chi connectivity index (χ0v) is 12.6. The fraction of sp³-hybridized carbons (Fsp3) is 0.455. The van der Waals surface area contributed by atoms with Crippen LogP contribution in [0.1, 0.15) is 18.4 Å². The van der Waals surface area contributed by atoms with Crippen LogP contribution in [0.15, 0.2) is 11.4 Å². The highest BCUT2D eigenvalue weighted by Crippen LogP contribution is 2.18. The average Bonchev–Trinajstić information content (AvgIpc) is 2.91. The summed E-state index contributed by atoms with van der Waals surface area (Å²) in [4.78, 5) is 10.6. The van der Waals surface area contributed by atoms with E-state index in [0.29, 0.717) is 23.3 Å². The van der Waals surface area contributed by atoms with Gasteiger partial charge in [-0.05, 0) is 13.8 Å². The van der Waals surface area contributed by atoms with Crippen molar-refractivity contribution in [2.45, 2.75) is 32.1 Å². The van der Waals surface area contributed by atoms with Gasteiger partial charge in [-0.15, -0.1) is 10.2 Å². The zero-order chi connectivity index (χ0) is 14.7. The minimum atomic E-state index is -0.878. The maximum Gasteiger partial charge on any atom is 0.313 e. The van der Waals surface area contributed by atoms with Gasteiger partial charge >= 0.3 is 5.97 Å². The molecule has 2 aromatic rings. The molecule has 0 spiro atoms. The van der Waals surface area contributed by atoms with Crippen LogP contribution in [-0.2, 0) is 17.9 Å². The van der Waals surface area contributed by atoms with E-state index in [1.807, 2.05) is 18.4 Å². The summed E-state index contributed by atoms with van der Waals surface area (Å²) in [7, 11) is 0. The number of thioether (sulfide) groups is 1. The summed E-state index contributed by atoms with van der Waals surface area (Å²) in [5.41, 5.74) is 0.759. The van der Waals surface area contributed by atoms with Crippen molar-refractivity contribution in [3.05, 3.63) is 22.7 Å². The van der Waals surface area contributed by atoms with Crippen LogP contribution in [0.25, 0.3) is 0 Å². The number of halogens is 1. The Hall–Kier alpha value is -1.54. The van der Waals surface area contributed by atoms with E-state index in [0.717, 1.165) is 23.3 Å². The Morgan fingerprint density at radius 3 is 2.80 bits per heavy atom. The first-order valence-corrected chi connectivity index (χ1v) is 7.33. The summed E-state index contributed by atoms with van der Waals surface area (Å²) in [5.74, 6) is -0.193. The standard InChI is InChI=1S/C11H14ClN5O2S/c1-3-17-9(5-16-4-8(12)7(2)15-16)13-14-11(17)20-6-10(18)19/h4H,3,5-6H2,1-2H3,(H,18,19). The van der Waals surface area contributed by atoms with E-state index in [1.54, 1.807) is 10.9 Å². The molecule has 0 bridgehead atoms. The molecule has 0 aliphatic heterocycles. The summed E-state index contributed by atoms with van der Waals surface area (Å²) in [5, 5.41) is 22.3. The molecule has 2 heterocycles. The second-order valence-corrected chi connectivity index (χ2v) is 5.44. The number of carboxylic acids is 1. The second-order valence-electron chi connectivity index (χ2n) is 4.09. The molecule has 9 heteroatoms. The van der Waals surface area contributed by atoms with Gasteiger partial charge in [-0.2, -0.15) is 5.10 Å². The highest BCUT2D eigenvalue weighted by molar-refractivity contribution is 7.99. The average molecular weight is 316 g/mol. The molecule has 2 rings (SSSR count). The molecule has 108 valence electrons. The minimum Gasteiger partial charge on any atom is -0.481 e. The van der Waals surface area contributed by atoms with Gasteiger partial charge in [0.2, 0.25) is 0 Å². The van der Waals surface area contributed by atoms with E-state index in [-0.39, 0.29) is 5.75 Å². The van der Waals surface area contributed by atoms with Crippen LogP contribution in [0.4, 0.5) is 0 Å². The third kappa shape index (κ3) is 3.31. The molecule has 20 heavy (non-hydrogen) atoms. The molecule has 0 aromatic carbocycles. The number of hydrogen-bond donors (Lipinski definition) is 1. The molecule has 0 amide bonds. The van der Waals surface area contributed by atoms with E-state index < -0.39 is 5.97 Å². The molecule has 0 radical (unpaired) electrons. The predicted octanol–water partition coefficient (Wildman–Crippen LogP) is 1.68. The lowest BCUT2D eigenvalue weighted by Crippen LogP contribution is -2.10. The van der Waals surface area contributed by atoms with Crippen LogP contribution in [0, 0.1) is 6.92 Å². The van der Waals surface area contributed by atoms with Crippen molar-refractivity contribution >= 4 is 29.3 Å². The number of aliphatic carboxylic acids is 1. The fourth-order valence-electron chi connectivity index (χ4n) is 1.71. The lowest BCUT2D eigenvalue weighted by atomic mass is 10.5. The minimum absolute atomic E-state index is 0.0369. The summed E-state index contributed by atoms with van der Waals surface area (Å²) in [6.07, 6.45) is 1.73. The fourth-order valence-corrected chi connectivity index (χ4v) is 2.60. The summed E-state index contributed by atoms with van der Waals surface area (Å²) in [6.45, 7) is 4.90. The Balaban J connectivity index is 2.17. The van der Waals surface area contributed by atoms with Gasteiger partial charge in [0.15, 0.2) is 11.0 Å². The number of carboxylic acid groups (broad SMARTS) is 1. The molecule has 0 aliphatic carbocycles. The summed E-state index contributed by atoms with van der Waals surface area (Å²) in [6, 6.07) is 0. The molecule has 0 atom stereocenters. The normalized spacial score (nSPS) is 10.9. The van der Waals surface area contributed by atoms with Gasteiger partial charge in [0, 0.05) is 12.7 Å². The van der Waals surface area contributed by atoms with Gasteiger partial charge in [0.1, 0.15) is 6.54 Å². The summed E-state index contributed by atoms with van der Waals surface area (Å²) >= 11 is 7.12. The van der Waals surface area contributed by atoms with Gasteiger partial charge < -0.3 is 9.67 Å². The first-order chi connectivity index (χ1) is 9.51. The first kappa shape index (κ1) is 14.9. The van der Waals surface area contributed by atoms with Crippen LogP contribution < -0.4 is 0 Å². The van der Waals surface area contributed by atoms with Crippen molar-refractivity contribution in [2.24, 2.45) is 0 Å². The van der Waals surface area contributed by atoms with E-state index in [1.165, 1.54) is 0 Å². The molecule has 2 aromatic heterocycles. The van der Waals surface area contributed by atoms with Crippen LogP contribution >= 0.6 is 23.4 Å². The largest absolute Gasteiger partial charge is 0.481 e. The van der Waals surface area contributed by atoms with Crippen molar-refractivity contribution in [3.8, 4) is 0 Å². The van der Waals surface area contributed by atoms with Gasteiger partial charge in [-0.25, -0.2) is 0 Å². The monoisotopic (exact) mass is 315 g/mol. The van der Waals surface area contributed by atoms with Gasteiger partial charge in [0.25, 0.3) is 0 Å². The molecular weight excluding hydrogens is 302 g/mol. The smallest absolute Gasteiger partial charge is 0.313 e. The highest BCUT2D eigenvalue weighted by Gasteiger charge is 2.14. The Morgan fingerprint density at radius 2 is 2.25 bits per heavy atom. The predicted molar refractivity (Wildman–Crippen MR) is 75.1 cm³/mol. The number of nitrogens with zero attached hydrogens (tertiary/aromatic N) is 5. The Bertz CT molecular complexity index is 605. The maximum atomic E-state index is 10.6. The topological polar surface area (TPSA) is 85.8 Å². The lowest BCUT2D eigenvalue weighted by Gasteiger charge is -2.06. The number of rotatable bonds is 6. The quantitative estimate of drug-likeness (QED) is 0.816. The zero-order valence-electron chi connectivity index (χ0n) is 11.1. The Labute approximate surface area is 124 Å². The number of aryl methyl sites for hydroxylation is 1. The third-order valence-corrected chi connectivity index (χ3v) is 3.95. The molecule has 0 saturated carbocycles. The summed E-state index contributed by atoms with van der Waals surface area (Å²) < 4.78 is 3.57. The van der Waals surface area contributed by atoms with E-state index >= 15 is 0 Å². The van der Waals surface area contributed by atoms with Crippen molar-refractivity contribution in [1.29, 1.82) is 0 Å². The van der Waals surface area contributed by atoms with Crippen molar-refractivity contribution in [2.75, 3.05) is 5.75 Å². The first-order valence-electron chi connectivity index (χ1n) is 5.97. The van der Waals surface area contributed by atoms with Crippen LogP contribution in [0.2, 0.25) is 5.02 Å². The van der Waals surface area contributed by atoms with E-state index in [2.05, 4.69) is 15.3 Å². The van der Waals surface area contributed by atoms with Crippen molar-refractivity contribution < 1.29 is 9.90 Å². The number of hydrogen-bond acceptors (Lipinski definition) is 5. The molecule has 0 aliphatic rings. The van der Waals surface area contributed by atoms with Crippen LogP contribution in [-0.4, -0.2) is 41.4 Å². The Morgan fingerprint density at radius 1 is 1.50 bits per heavy atom. The molecule has 7 nitrogen and oxygen atoms in total. The van der Waals surface area contributed by atoms with Gasteiger partial charge in [0.05, 0.1) is 16.5 Å². The van der Waals surface area contributed by atoms with Crippen molar-refractivity contribution in [3.63, 3.8) is 0 Å². The molecule has 0 unspecified atom stereocenters. The van der Waals surface area contributed by atoms with Crippen molar-refractivity contribution in [1.82, 2.24) is 24.5 Å². The maximum absolute atomic E-state index is 10.6. The van der Waals surface area contributed by atoms with Crippen LogP contribution in [0.3, 0.4) is 0 Å². The van der Waals surface area contributed by atoms with Crippen LogP contribution in [0.5, 0.6) is 0 Å². The van der Waals surface area contributed by atoms with E-state index in [9.17, 15) is 4.79 Å². The molecule has 0 fully saturated rings.